The van der Waals surface area contributed by atoms with Crippen molar-refractivity contribution in [3.8, 4) is 0 Å². The van der Waals surface area contributed by atoms with Crippen LogP contribution in [0.5, 0.6) is 0 Å². The average Bonchev–Trinajstić information content (AvgIpc) is 2.43. The van der Waals surface area contributed by atoms with Gasteiger partial charge in [-0.25, -0.2) is 0 Å². The SMILES string of the molecule is CCCCCCOCCCCCCCCCCCBr. The predicted octanol–water partition coefficient (Wildman–Crippen LogP) is 6.49. The van der Waals surface area contributed by atoms with E-state index in [-0.39, 0.29) is 0 Å². The number of ether oxygens (including phenoxy) is 1. The molecule has 116 valence electrons. The molecule has 0 N–H and O–H groups in total. The molecular weight excluding hydrogens is 300 g/mol. The summed E-state index contributed by atoms with van der Waals surface area (Å²) in [6.07, 6.45) is 17.7. The molecule has 0 spiro atoms. The summed E-state index contributed by atoms with van der Waals surface area (Å²) in [7, 11) is 0. The second-order valence-electron chi connectivity index (χ2n) is 5.54. The lowest BCUT2D eigenvalue weighted by atomic mass is 10.1. The van der Waals surface area contributed by atoms with Crippen molar-refractivity contribution in [1.29, 1.82) is 0 Å². The summed E-state index contributed by atoms with van der Waals surface area (Å²) >= 11 is 3.48. The summed E-state index contributed by atoms with van der Waals surface area (Å²) in [6, 6.07) is 0. The molecule has 0 bridgehead atoms. The summed E-state index contributed by atoms with van der Waals surface area (Å²) in [5.41, 5.74) is 0. The van der Waals surface area contributed by atoms with Gasteiger partial charge in [-0.1, -0.05) is 87.1 Å². The molecule has 1 nitrogen and oxygen atoms in total. The number of hydrogen-bond donors (Lipinski definition) is 0. The van der Waals surface area contributed by atoms with Gasteiger partial charge in [-0.3, -0.25) is 0 Å². The maximum Gasteiger partial charge on any atom is 0.0466 e. The highest BCUT2D eigenvalue weighted by atomic mass is 79.9. The molecule has 0 rings (SSSR count). The number of halogens is 1. The van der Waals surface area contributed by atoms with E-state index < -0.39 is 0 Å². The normalized spacial score (nSPS) is 11.1. The summed E-state index contributed by atoms with van der Waals surface area (Å²) in [4.78, 5) is 0. The fraction of sp³-hybridized carbons (Fsp3) is 1.00. The van der Waals surface area contributed by atoms with Gasteiger partial charge in [0.2, 0.25) is 0 Å². The Balaban J connectivity index is 2.88. The van der Waals surface area contributed by atoms with Crippen molar-refractivity contribution in [2.45, 2.75) is 90.4 Å². The fourth-order valence-corrected chi connectivity index (χ4v) is 2.67. The summed E-state index contributed by atoms with van der Waals surface area (Å²) in [6.45, 7) is 4.22. The molecule has 0 amide bonds. The van der Waals surface area contributed by atoms with Crippen LogP contribution in [-0.4, -0.2) is 18.5 Å². The van der Waals surface area contributed by atoms with E-state index in [4.69, 9.17) is 4.74 Å². The molecule has 0 aliphatic carbocycles. The van der Waals surface area contributed by atoms with Crippen molar-refractivity contribution in [2.75, 3.05) is 18.5 Å². The highest BCUT2D eigenvalue weighted by molar-refractivity contribution is 9.09. The molecule has 0 atom stereocenters. The van der Waals surface area contributed by atoms with Gasteiger partial charge in [-0.2, -0.15) is 0 Å². The Labute approximate surface area is 130 Å². The van der Waals surface area contributed by atoms with Crippen molar-refractivity contribution in [3.63, 3.8) is 0 Å². The number of hydrogen-bond acceptors (Lipinski definition) is 1. The number of rotatable bonds is 16. The van der Waals surface area contributed by atoms with Crippen LogP contribution in [0.25, 0.3) is 0 Å². The summed E-state index contributed by atoms with van der Waals surface area (Å²) < 4.78 is 5.65. The molecule has 19 heavy (non-hydrogen) atoms. The maximum absolute atomic E-state index is 5.65. The molecule has 0 radical (unpaired) electrons. The van der Waals surface area contributed by atoms with Gasteiger partial charge in [0.05, 0.1) is 0 Å². The van der Waals surface area contributed by atoms with Crippen molar-refractivity contribution in [2.24, 2.45) is 0 Å². The molecule has 2 heteroatoms. The van der Waals surface area contributed by atoms with E-state index in [1.807, 2.05) is 0 Å². The zero-order valence-corrected chi connectivity index (χ0v) is 14.7. The van der Waals surface area contributed by atoms with E-state index in [1.54, 1.807) is 0 Å². The minimum atomic E-state index is 0.980. The Morgan fingerprint density at radius 2 is 1.00 bits per heavy atom. The van der Waals surface area contributed by atoms with E-state index in [1.165, 1.54) is 88.8 Å². The lowest BCUT2D eigenvalue weighted by molar-refractivity contribution is 0.125. The standard InChI is InChI=1S/C17H35BrO/c1-2-3-4-13-16-19-17-14-11-9-7-5-6-8-10-12-15-18/h2-17H2,1H3. The van der Waals surface area contributed by atoms with Crippen LogP contribution >= 0.6 is 15.9 Å². The topological polar surface area (TPSA) is 9.23 Å². The Morgan fingerprint density at radius 3 is 1.47 bits per heavy atom. The van der Waals surface area contributed by atoms with E-state index in [9.17, 15) is 0 Å². The van der Waals surface area contributed by atoms with Crippen LogP contribution < -0.4 is 0 Å². The largest absolute Gasteiger partial charge is 0.381 e. The van der Waals surface area contributed by atoms with Gasteiger partial charge in [-0.05, 0) is 19.3 Å². The van der Waals surface area contributed by atoms with Crippen LogP contribution in [0.1, 0.15) is 90.4 Å². The third-order valence-corrected chi connectivity index (χ3v) is 4.13. The zero-order chi connectivity index (χ0) is 14.0. The Kier molecular flexibility index (Phi) is 18.9. The minimum Gasteiger partial charge on any atom is -0.381 e. The Hall–Kier alpha value is 0.440. The molecule has 0 aromatic rings. The van der Waals surface area contributed by atoms with Crippen LogP contribution in [-0.2, 0) is 4.74 Å². The van der Waals surface area contributed by atoms with Crippen LogP contribution in [0, 0.1) is 0 Å². The van der Waals surface area contributed by atoms with Crippen molar-refractivity contribution >= 4 is 15.9 Å². The summed E-state index contributed by atoms with van der Waals surface area (Å²) in [5.74, 6) is 0. The Bertz CT molecular complexity index is 134. The van der Waals surface area contributed by atoms with Gasteiger partial charge in [0.15, 0.2) is 0 Å². The van der Waals surface area contributed by atoms with Gasteiger partial charge in [0, 0.05) is 18.5 Å². The second kappa shape index (κ2) is 18.4. The molecule has 0 heterocycles. The van der Waals surface area contributed by atoms with E-state index in [2.05, 4.69) is 22.9 Å². The monoisotopic (exact) mass is 334 g/mol. The zero-order valence-electron chi connectivity index (χ0n) is 13.1. The Morgan fingerprint density at radius 1 is 0.579 bits per heavy atom. The van der Waals surface area contributed by atoms with E-state index in [0.29, 0.717) is 0 Å². The van der Waals surface area contributed by atoms with Crippen molar-refractivity contribution in [3.05, 3.63) is 0 Å². The average molecular weight is 335 g/mol. The first-order chi connectivity index (χ1) is 9.41. The predicted molar refractivity (Wildman–Crippen MR) is 90.3 cm³/mol. The number of unbranched alkanes of at least 4 members (excludes halogenated alkanes) is 11. The van der Waals surface area contributed by atoms with Gasteiger partial charge < -0.3 is 4.74 Å². The smallest absolute Gasteiger partial charge is 0.0466 e. The van der Waals surface area contributed by atoms with E-state index in [0.717, 1.165) is 13.2 Å². The molecule has 0 aliphatic rings. The maximum atomic E-state index is 5.65. The van der Waals surface area contributed by atoms with Gasteiger partial charge in [-0.15, -0.1) is 0 Å². The molecule has 0 aliphatic heterocycles. The first-order valence-corrected chi connectivity index (χ1v) is 9.67. The minimum absolute atomic E-state index is 0.980. The lowest BCUT2D eigenvalue weighted by Gasteiger charge is -2.04. The summed E-state index contributed by atoms with van der Waals surface area (Å²) in [5, 5.41) is 1.17. The van der Waals surface area contributed by atoms with Crippen molar-refractivity contribution in [1.82, 2.24) is 0 Å². The molecule has 0 saturated heterocycles. The quantitative estimate of drug-likeness (QED) is 0.231. The van der Waals surface area contributed by atoms with Crippen LogP contribution in [0.2, 0.25) is 0 Å². The third kappa shape index (κ3) is 18.4. The van der Waals surface area contributed by atoms with Crippen molar-refractivity contribution < 1.29 is 4.74 Å². The van der Waals surface area contributed by atoms with E-state index >= 15 is 0 Å². The molecule has 0 aromatic heterocycles. The first-order valence-electron chi connectivity index (χ1n) is 8.55. The van der Waals surface area contributed by atoms with Crippen LogP contribution in [0.3, 0.4) is 0 Å². The second-order valence-corrected chi connectivity index (χ2v) is 6.34. The molecule has 0 fully saturated rings. The van der Waals surface area contributed by atoms with Crippen LogP contribution in [0.4, 0.5) is 0 Å². The van der Waals surface area contributed by atoms with Crippen LogP contribution in [0.15, 0.2) is 0 Å². The number of alkyl halides is 1. The third-order valence-electron chi connectivity index (χ3n) is 3.56. The lowest BCUT2D eigenvalue weighted by Crippen LogP contribution is -1.97. The molecular formula is C17H35BrO. The molecule has 0 unspecified atom stereocenters. The highest BCUT2D eigenvalue weighted by Gasteiger charge is 1.93. The highest BCUT2D eigenvalue weighted by Crippen LogP contribution is 2.10. The van der Waals surface area contributed by atoms with Gasteiger partial charge in [0.1, 0.15) is 0 Å². The van der Waals surface area contributed by atoms with Gasteiger partial charge >= 0.3 is 0 Å². The first kappa shape index (κ1) is 19.4. The molecule has 0 aromatic carbocycles. The fourth-order valence-electron chi connectivity index (χ4n) is 2.27. The molecule has 0 saturated carbocycles. The van der Waals surface area contributed by atoms with Gasteiger partial charge in [0.25, 0.3) is 0 Å².